The molecule has 0 aromatic heterocycles. The van der Waals surface area contributed by atoms with Crippen LogP contribution in [0.2, 0.25) is 0 Å². The Labute approximate surface area is 72.5 Å². The highest BCUT2D eigenvalue weighted by Crippen LogP contribution is 2.03. The van der Waals surface area contributed by atoms with Gasteiger partial charge >= 0.3 is 5.97 Å². The van der Waals surface area contributed by atoms with Gasteiger partial charge < -0.3 is 14.6 Å². The van der Waals surface area contributed by atoms with Crippen LogP contribution in [-0.2, 0) is 14.3 Å². The van der Waals surface area contributed by atoms with Gasteiger partial charge in [0, 0.05) is 19.6 Å². The molecule has 0 saturated heterocycles. The molecule has 0 amide bonds. The minimum atomic E-state index is -0.820. The monoisotopic (exact) mass is 176 g/mol. The van der Waals surface area contributed by atoms with Crippen molar-refractivity contribution in [2.45, 2.75) is 33.0 Å². The summed E-state index contributed by atoms with van der Waals surface area (Å²) in [4.78, 5) is 10.2. The lowest BCUT2D eigenvalue weighted by Crippen LogP contribution is -2.18. The molecule has 1 N–H and O–H groups in total. The van der Waals surface area contributed by atoms with Gasteiger partial charge in [-0.25, -0.2) is 0 Å². The Bertz CT molecular complexity index is 118. The van der Waals surface area contributed by atoms with Gasteiger partial charge in [-0.1, -0.05) is 0 Å². The van der Waals surface area contributed by atoms with E-state index in [0.717, 1.165) is 0 Å². The summed E-state index contributed by atoms with van der Waals surface area (Å²) < 4.78 is 10.3. The Kier molecular flexibility index (Phi) is 6.70. The smallest absolute Gasteiger partial charge is 0.303 e. The minimum Gasteiger partial charge on any atom is -0.481 e. The molecular formula is C8H16O4. The fourth-order valence-corrected chi connectivity index (χ4v) is 0.828. The van der Waals surface area contributed by atoms with Crippen LogP contribution in [-0.4, -0.2) is 30.6 Å². The van der Waals surface area contributed by atoms with Gasteiger partial charge in [-0.05, 0) is 13.8 Å². The molecule has 0 fully saturated rings. The first-order valence-electron chi connectivity index (χ1n) is 4.15. The predicted molar refractivity (Wildman–Crippen MR) is 43.9 cm³/mol. The van der Waals surface area contributed by atoms with E-state index in [1.165, 1.54) is 0 Å². The van der Waals surface area contributed by atoms with Crippen LogP contribution in [0.15, 0.2) is 0 Å². The minimum absolute atomic E-state index is 0.0880. The van der Waals surface area contributed by atoms with E-state index >= 15 is 0 Å². The van der Waals surface area contributed by atoms with Crippen molar-refractivity contribution in [1.29, 1.82) is 0 Å². The summed E-state index contributed by atoms with van der Waals surface area (Å²) in [5.41, 5.74) is 0. The van der Waals surface area contributed by atoms with E-state index in [2.05, 4.69) is 0 Å². The van der Waals surface area contributed by atoms with Crippen molar-refractivity contribution in [3.05, 3.63) is 0 Å². The highest BCUT2D eigenvalue weighted by Gasteiger charge is 2.09. The van der Waals surface area contributed by atoms with E-state index in [1.807, 2.05) is 13.8 Å². The topological polar surface area (TPSA) is 55.8 Å². The van der Waals surface area contributed by atoms with Crippen molar-refractivity contribution >= 4 is 5.97 Å². The number of ether oxygens (including phenoxy) is 2. The van der Waals surface area contributed by atoms with Gasteiger partial charge in [-0.15, -0.1) is 0 Å². The second-order valence-corrected chi connectivity index (χ2v) is 2.27. The Morgan fingerprint density at radius 3 is 2.17 bits per heavy atom. The fraction of sp³-hybridized carbons (Fsp3) is 0.875. The first-order chi connectivity index (χ1) is 5.70. The van der Waals surface area contributed by atoms with Crippen molar-refractivity contribution in [3.63, 3.8) is 0 Å². The van der Waals surface area contributed by atoms with E-state index in [4.69, 9.17) is 14.6 Å². The normalized spacial score (nSPS) is 10.6. The van der Waals surface area contributed by atoms with Gasteiger partial charge in [-0.3, -0.25) is 4.79 Å². The lowest BCUT2D eigenvalue weighted by Gasteiger charge is -2.15. The molecule has 0 aromatic carbocycles. The van der Waals surface area contributed by atoms with Gasteiger partial charge in [0.1, 0.15) is 0 Å². The third kappa shape index (κ3) is 6.12. The first kappa shape index (κ1) is 11.4. The van der Waals surface area contributed by atoms with Gasteiger partial charge in [0.05, 0.1) is 6.42 Å². The zero-order valence-corrected chi connectivity index (χ0v) is 7.58. The zero-order valence-electron chi connectivity index (χ0n) is 7.58. The number of carboxylic acid groups (broad SMARTS) is 1. The molecule has 0 unspecified atom stereocenters. The molecule has 0 aliphatic heterocycles. The molecule has 0 rings (SSSR count). The van der Waals surface area contributed by atoms with Crippen LogP contribution in [0.3, 0.4) is 0 Å². The fourth-order valence-electron chi connectivity index (χ4n) is 0.828. The van der Waals surface area contributed by atoms with Crippen molar-refractivity contribution in [1.82, 2.24) is 0 Å². The van der Waals surface area contributed by atoms with Crippen molar-refractivity contribution < 1.29 is 19.4 Å². The summed E-state index contributed by atoms with van der Waals surface area (Å²) in [6.07, 6.45) is 0.137. The van der Waals surface area contributed by atoms with Crippen molar-refractivity contribution in [2.75, 3.05) is 13.2 Å². The van der Waals surface area contributed by atoms with Gasteiger partial charge in [-0.2, -0.15) is 0 Å². The van der Waals surface area contributed by atoms with Crippen LogP contribution < -0.4 is 0 Å². The maximum absolute atomic E-state index is 10.2. The van der Waals surface area contributed by atoms with Crippen LogP contribution in [0.4, 0.5) is 0 Å². The van der Waals surface area contributed by atoms with Crippen LogP contribution in [0, 0.1) is 0 Å². The molecule has 0 atom stereocenters. The predicted octanol–water partition coefficient (Wildman–Crippen LogP) is 1.25. The highest BCUT2D eigenvalue weighted by atomic mass is 16.7. The molecule has 72 valence electrons. The molecular weight excluding hydrogens is 160 g/mol. The largest absolute Gasteiger partial charge is 0.481 e. The highest BCUT2D eigenvalue weighted by molar-refractivity contribution is 5.66. The van der Waals surface area contributed by atoms with Gasteiger partial charge in [0.2, 0.25) is 0 Å². The molecule has 12 heavy (non-hydrogen) atoms. The second-order valence-electron chi connectivity index (χ2n) is 2.27. The van der Waals surface area contributed by atoms with Crippen molar-refractivity contribution in [3.8, 4) is 0 Å². The Hall–Kier alpha value is -0.610. The summed E-state index contributed by atoms with van der Waals surface area (Å²) in [5, 5.41) is 8.39. The number of aliphatic carboxylic acids is 1. The molecule has 0 aromatic rings. The van der Waals surface area contributed by atoms with Gasteiger partial charge in [0.25, 0.3) is 0 Å². The average Bonchev–Trinajstić information content (AvgIpc) is 2.01. The Balaban J connectivity index is 3.54. The van der Waals surface area contributed by atoms with Crippen LogP contribution >= 0.6 is 0 Å². The number of hydrogen-bond acceptors (Lipinski definition) is 3. The van der Waals surface area contributed by atoms with Crippen molar-refractivity contribution in [2.24, 2.45) is 0 Å². The average molecular weight is 176 g/mol. The molecule has 0 saturated carbocycles. The summed E-state index contributed by atoms with van der Waals surface area (Å²) in [5.74, 6) is -0.820. The Morgan fingerprint density at radius 1 is 1.33 bits per heavy atom. The third-order valence-electron chi connectivity index (χ3n) is 1.30. The van der Waals surface area contributed by atoms with Crippen LogP contribution in [0.25, 0.3) is 0 Å². The summed E-state index contributed by atoms with van der Waals surface area (Å²) in [7, 11) is 0. The molecule has 0 aliphatic rings. The quantitative estimate of drug-likeness (QED) is 0.593. The van der Waals surface area contributed by atoms with E-state index in [0.29, 0.717) is 19.6 Å². The van der Waals surface area contributed by atoms with E-state index in [-0.39, 0.29) is 12.7 Å². The molecule has 4 nitrogen and oxygen atoms in total. The maximum atomic E-state index is 10.2. The Morgan fingerprint density at radius 2 is 1.83 bits per heavy atom. The SMILES string of the molecule is CCOC(CCC(=O)O)OCC. The lowest BCUT2D eigenvalue weighted by atomic mass is 10.3. The second kappa shape index (κ2) is 7.06. The molecule has 4 heteroatoms. The van der Waals surface area contributed by atoms with Gasteiger partial charge in [0.15, 0.2) is 6.29 Å². The summed E-state index contributed by atoms with van der Waals surface area (Å²) in [6.45, 7) is 4.80. The summed E-state index contributed by atoms with van der Waals surface area (Å²) in [6, 6.07) is 0. The van der Waals surface area contributed by atoms with E-state index in [9.17, 15) is 4.79 Å². The van der Waals surface area contributed by atoms with E-state index in [1.54, 1.807) is 0 Å². The molecule has 0 aliphatic carbocycles. The number of hydrogen-bond donors (Lipinski definition) is 1. The first-order valence-corrected chi connectivity index (χ1v) is 4.15. The van der Waals surface area contributed by atoms with Crippen LogP contribution in [0.1, 0.15) is 26.7 Å². The van der Waals surface area contributed by atoms with E-state index < -0.39 is 5.97 Å². The lowest BCUT2D eigenvalue weighted by molar-refractivity contribution is -0.152. The number of carbonyl (C=O) groups is 1. The zero-order chi connectivity index (χ0) is 9.40. The molecule has 0 spiro atoms. The molecule has 0 radical (unpaired) electrons. The summed E-state index contributed by atoms with van der Waals surface area (Å²) >= 11 is 0. The molecule has 0 bridgehead atoms. The molecule has 0 heterocycles. The standard InChI is InChI=1S/C8H16O4/c1-3-11-8(12-4-2)6-5-7(9)10/h8H,3-6H2,1-2H3,(H,9,10). The number of rotatable bonds is 7. The number of carboxylic acids is 1. The maximum Gasteiger partial charge on any atom is 0.303 e. The van der Waals surface area contributed by atoms with Crippen LogP contribution in [0.5, 0.6) is 0 Å². The third-order valence-corrected chi connectivity index (χ3v) is 1.30.